The molecule has 3 nitrogen and oxygen atoms in total. The van der Waals surface area contributed by atoms with Gasteiger partial charge in [0.1, 0.15) is 5.78 Å². The molecule has 0 saturated heterocycles. The Morgan fingerprint density at radius 3 is 2.55 bits per heavy atom. The molecule has 4 aliphatic carbocycles. The Bertz CT molecular complexity index is 499. The zero-order valence-electron chi connectivity index (χ0n) is 14.0. The van der Waals surface area contributed by atoms with Gasteiger partial charge in [0.2, 0.25) is 0 Å². The summed E-state index contributed by atoms with van der Waals surface area (Å²) in [5.74, 6) is 0.564. The molecule has 0 radical (unpaired) electrons. The number of Topliss-reactive ketones (excluding diaryl/α,β-unsaturated/α-hetero) is 1. The van der Waals surface area contributed by atoms with Gasteiger partial charge < -0.3 is 10.2 Å². The fraction of sp³-hybridized carbons (Fsp3) is 0.947. The number of fused-ring (bicyclic) bond motifs is 5. The maximum absolute atomic E-state index is 11.9. The van der Waals surface area contributed by atoms with Gasteiger partial charge in [0.05, 0.1) is 0 Å². The van der Waals surface area contributed by atoms with Crippen LogP contribution in [0.3, 0.4) is 0 Å². The number of carbonyl (C=O) groups is 1. The minimum atomic E-state index is -1.47. The second-order valence-corrected chi connectivity index (χ2v) is 9.34. The molecule has 0 amide bonds. The van der Waals surface area contributed by atoms with E-state index >= 15 is 0 Å². The maximum Gasteiger partial charge on any atom is 0.166 e. The smallest absolute Gasteiger partial charge is 0.166 e. The third-order valence-electron chi connectivity index (χ3n) is 8.33. The van der Waals surface area contributed by atoms with Crippen molar-refractivity contribution >= 4 is 5.78 Å². The second kappa shape index (κ2) is 4.57. The van der Waals surface area contributed by atoms with E-state index in [1.165, 1.54) is 6.42 Å². The molecule has 0 aromatic rings. The van der Waals surface area contributed by atoms with Gasteiger partial charge in [0.15, 0.2) is 5.79 Å². The van der Waals surface area contributed by atoms with Gasteiger partial charge in [-0.2, -0.15) is 0 Å². The lowest BCUT2D eigenvalue weighted by molar-refractivity contribution is -0.239. The first kappa shape index (κ1) is 15.1. The van der Waals surface area contributed by atoms with Crippen molar-refractivity contribution in [3.05, 3.63) is 0 Å². The number of ketones is 1. The van der Waals surface area contributed by atoms with Crippen LogP contribution in [0.5, 0.6) is 0 Å². The zero-order valence-corrected chi connectivity index (χ0v) is 14.0. The van der Waals surface area contributed by atoms with Gasteiger partial charge in [-0.15, -0.1) is 0 Å². The number of hydrogen-bond donors (Lipinski definition) is 2. The predicted molar refractivity (Wildman–Crippen MR) is 83.9 cm³/mol. The Balaban J connectivity index is 1.68. The summed E-state index contributed by atoms with van der Waals surface area (Å²) in [7, 11) is 0. The van der Waals surface area contributed by atoms with Crippen LogP contribution in [0.4, 0.5) is 0 Å². The summed E-state index contributed by atoms with van der Waals surface area (Å²) in [6, 6.07) is 0. The van der Waals surface area contributed by atoms with E-state index in [1.54, 1.807) is 0 Å². The van der Waals surface area contributed by atoms with Gasteiger partial charge in [0, 0.05) is 25.2 Å². The first-order valence-electron chi connectivity index (χ1n) is 9.23. The molecule has 3 heteroatoms. The van der Waals surface area contributed by atoms with Crippen LogP contribution in [0.15, 0.2) is 0 Å². The highest BCUT2D eigenvalue weighted by Gasteiger charge is 2.63. The van der Waals surface area contributed by atoms with Crippen LogP contribution in [0, 0.1) is 34.5 Å². The molecule has 0 heterocycles. The standard InChI is InChI=1S/C19H30O3/c1-17-7-6-15-14(16(17)19(21,22)10-9-17)4-3-12-11-13(20)5-8-18(12,15)2/h12,14-16,21-22H,3-11H2,1-2H3/t12-,14+,15-,16-,17+,18-/m0/s1. The van der Waals surface area contributed by atoms with Crippen molar-refractivity contribution in [1.29, 1.82) is 0 Å². The minimum absolute atomic E-state index is 0.0363. The molecule has 4 fully saturated rings. The topological polar surface area (TPSA) is 57.5 Å². The highest BCUT2D eigenvalue weighted by Crippen LogP contribution is 2.67. The first-order valence-corrected chi connectivity index (χ1v) is 9.23. The molecular formula is C19H30O3. The number of aliphatic hydroxyl groups is 2. The van der Waals surface area contributed by atoms with Gasteiger partial charge in [0.25, 0.3) is 0 Å². The molecule has 0 unspecified atom stereocenters. The van der Waals surface area contributed by atoms with Gasteiger partial charge in [-0.3, -0.25) is 4.79 Å². The normalized spacial score (nSPS) is 53.5. The Labute approximate surface area is 133 Å². The van der Waals surface area contributed by atoms with E-state index in [4.69, 9.17) is 0 Å². The van der Waals surface area contributed by atoms with Gasteiger partial charge in [-0.1, -0.05) is 13.8 Å². The highest BCUT2D eigenvalue weighted by molar-refractivity contribution is 5.79. The Hall–Kier alpha value is -0.410. The van der Waals surface area contributed by atoms with Gasteiger partial charge in [-0.05, 0) is 67.1 Å². The molecule has 22 heavy (non-hydrogen) atoms. The summed E-state index contributed by atoms with van der Waals surface area (Å²) < 4.78 is 0. The van der Waals surface area contributed by atoms with Crippen molar-refractivity contribution in [2.45, 2.75) is 77.4 Å². The van der Waals surface area contributed by atoms with E-state index in [9.17, 15) is 15.0 Å². The Morgan fingerprint density at radius 2 is 1.77 bits per heavy atom. The van der Waals surface area contributed by atoms with Crippen LogP contribution < -0.4 is 0 Å². The lowest BCUT2D eigenvalue weighted by Gasteiger charge is -2.60. The molecule has 0 aliphatic heterocycles. The Morgan fingerprint density at radius 1 is 1.00 bits per heavy atom. The van der Waals surface area contributed by atoms with E-state index in [0.717, 1.165) is 44.9 Å². The van der Waals surface area contributed by atoms with Crippen LogP contribution in [0.2, 0.25) is 0 Å². The average molecular weight is 306 g/mol. The third-order valence-corrected chi connectivity index (χ3v) is 8.33. The van der Waals surface area contributed by atoms with E-state index in [2.05, 4.69) is 13.8 Å². The van der Waals surface area contributed by atoms with Crippen molar-refractivity contribution in [2.75, 3.05) is 0 Å². The second-order valence-electron chi connectivity index (χ2n) is 9.34. The van der Waals surface area contributed by atoms with Crippen LogP contribution in [-0.2, 0) is 4.79 Å². The molecule has 6 atom stereocenters. The van der Waals surface area contributed by atoms with E-state index in [-0.39, 0.29) is 16.7 Å². The molecule has 0 aromatic carbocycles. The highest BCUT2D eigenvalue weighted by atomic mass is 16.5. The number of hydrogen-bond acceptors (Lipinski definition) is 3. The van der Waals surface area contributed by atoms with Crippen molar-refractivity contribution in [3.8, 4) is 0 Å². The summed E-state index contributed by atoms with van der Waals surface area (Å²) in [5.41, 5.74) is 0.356. The largest absolute Gasteiger partial charge is 0.365 e. The molecule has 4 saturated carbocycles. The predicted octanol–water partition coefficient (Wildman–Crippen LogP) is 3.28. The molecule has 4 rings (SSSR count). The SMILES string of the molecule is C[C@]12CC[C@H]3[C@@H](CC[C@H]4CC(=O)CC[C@@]43C)[C@@H]1C(O)(O)CC2. The average Bonchev–Trinajstić information content (AvgIpc) is 2.70. The monoisotopic (exact) mass is 306 g/mol. The van der Waals surface area contributed by atoms with Crippen molar-refractivity contribution < 1.29 is 15.0 Å². The fourth-order valence-electron chi connectivity index (χ4n) is 7.13. The quantitative estimate of drug-likeness (QED) is 0.675. The molecule has 0 aromatic heterocycles. The van der Waals surface area contributed by atoms with Crippen LogP contribution >= 0.6 is 0 Å². The van der Waals surface area contributed by atoms with Crippen molar-refractivity contribution in [3.63, 3.8) is 0 Å². The van der Waals surface area contributed by atoms with E-state index < -0.39 is 5.79 Å². The summed E-state index contributed by atoms with van der Waals surface area (Å²) in [6.07, 6.45) is 8.54. The lowest BCUT2D eigenvalue weighted by Crippen LogP contribution is -2.56. The Kier molecular flexibility index (Phi) is 3.14. The number of carbonyl (C=O) groups excluding carboxylic acids is 1. The van der Waals surface area contributed by atoms with Gasteiger partial charge >= 0.3 is 0 Å². The fourth-order valence-corrected chi connectivity index (χ4v) is 7.13. The molecule has 124 valence electrons. The maximum atomic E-state index is 11.9. The summed E-state index contributed by atoms with van der Waals surface area (Å²) in [6.45, 7) is 4.68. The molecule has 0 spiro atoms. The molecule has 2 N–H and O–H groups in total. The molecular weight excluding hydrogens is 276 g/mol. The molecule has 4 aliphatic rings. The van der Waals surface area contributed by atoms with Gasteiger partial charge in [-0.25, -0.2) is 0 Å². The number of rotatable bonds is 0. The first-order chi connectivity index (χ1) is 10.3. The zero-order chi connectivity index (χ0) is 15.8. The van der Waals surface area contributed by atoms with E-state index in [1.807, 2.05) is 0 Å². The lowest BCUT2D eigenvalue weighted by atomic mass is 9.45. The van der Waals surface area contributed by atoms with Crippen molar-refractivity contribution in [1.82, 2.24) is 0 Å². The summed E-state index contributed by atoms with van der Waals surface area (Å²) >= 11 is 0. The third kappa shape index (κ3) is 1.91. The summed E-state index contributed by atoms with van der Waals surface area (Å²) in [5, 5.41) is 21.2. The van der Waals surface area contributed by atoms with E-state index in [0.29, 0.717) is 30.0 Å². The van der Waals surface area contributed by atoms with Crippen molar-refractivity contribution in [2.24, 2.45) is 34.5 Å². The van der Waals surface area contributed by atoms with Crippen LogP contribution in [-0.4, -0.2) is 21.8 Å². The molecule has 0 bridgehead atoms. The van der Waals surface area contributed by atoms with Crippen LogP contribution in [0.25, 0.3) is 0 Å². The van der Waals surface area contributed by atoms with Crippen LogP contribution in [0.1, 0.15) is 71.6 Å². The minimum Gasteiger partial charge on any atom is -0.365 e. The summed E-state index contributed by atoms with van der Waals surface area (Å²) in [4.78, 5) is 11.9.